The fourth-order valence-corrected chi connectivity index (χ4v) is 11.8. The number of nitrogens with zero attached hydrogens (tertiary/aromatic N) is 5. The first-order valence-electron chi connectivity index (χ1n) is 23.6. The van der Waals surface area contributed by atoms with Crippen molar-refractivity contribution in [3.05, 3.63) is 175 Å². The first-order chi connectivity index (χ1) is 32.5. The minimum Gasteiger partial charge on any atom is -0.309 e. The van der Waals surface area contributed by atoms with E-state index in [-0.39, 0.29) is 10.8 Å². The second-order valence-corrected chi connectivity index (χ2v) is 21.1. The molecular formula is C62H45N5. The Morgan fingerprint density at radius 3 is 1.72 bits per heavy atom. The molecule has 318 valence electrons. The van der Waals surface area contributed by atoms with E-state index in [1.54, 1.807) is 0 Å². The van der Waals surface area contributed by atoms with Crippen LogP contribution in [0.5, 0.6) is 0 Å². The van der Waals surface area contributed by atoms with Crippen molar-refractivity contribution < 1.29 is 0 Å². The summed E-state index contributed by atoms with van der Waals surface area (Å²) in [4.78, 5) is 11.8. The highest BCUT2D eigenvalue weighted by molar-refractivity contribution is 6.33. The first kappa shape index (κ1) is 37.2. The molecule has 15 aromatic rings. The monoisotopic (exact) mass is 859 g/mol. The van der Waals surface area contributed by atoms with Crippen LogP contribution < -0.4 is 0 Å². The van der Waals surface area contributed by atoms with Gasteiger partial charge >= 0.3 is 0 Å². The summed E-state index contributed by atoms with van der Waals surface area (Å²) in [5.74, 6) is 0. The van der Waals surface area contributed by atoms with Gasteiger partial charge < -0.3 is 4.57 Å². The van der Waals surface area contributed by atoms with Crippen molar-refractivity contribution in [1.82, 2.24) is 23.3 Å². The molecule has 15 rings (SSSR count). The van der Waals surface area contributed by atoms with Gasteiger partial charge in [0, 0.05) is 54.3 Å². The minimum atomic E-state index is -0.0991. The molecule has 0 aliphatic heterocycles. The van der Waals surface area contributed by atoms with E-state index in [0.717, 1.165) is 38.8 Å². The summed E-state index contributed by atoms with van der Waals surface area (Å²) in [6, 6.07) is 61.1. The third-order valence-corrected chi connectivity index (χ3v) is 15.1. The van der Waals surface area contributed by atoms with Gasteiger partial charge in [-0.15, -0.1) is 0 Å². The lowest BCUT2D eigenvalue weighted by atomic mass is 9.84. The van der Waals surface area contributed by atoms with Crippen LogP contribution in [0.25, 0.3) is 137 Å². The lowest BCUT2D eigenvalue weighted by Crippen LogP contribution is -2.11. The van der Waals surface area contributed by atoms with E-state index in [9.17, 15) is 0 Å². The lowest BCUT2D eigenvalue weighted by molar-refractivity contribution is 0.591. The van der Waals surface area contributed by atoms with Crippen molar-refractivity contribution in [1.29, 1.82) is 0 Å². The maximum Gasteiger partial charge on any atom is 0.165 e. The Morgan fingerprint density at radius 1 is 0.373 bits per heavy atom. The van der Waals surface area contributed by atoms with Crippen molar-refractivity contribution >= 4 is 120 Å². The molecule has 0 saturated heterocycles. The third-order valence-electron chi connectivity index (χ3n) is 15.1. The van der Waals surface area contributed by atoms with Crippen molar-refractivity contribution in [2.24, 2.45) is 0 Å². The third kappa shape index (κ3) is 4.83. The molecule has 5 nitrogen and oxygen atoms in total. The lowest BCUT2D eigenvalue weighted by Gasteiger charge is -2.21. The van der Waals surface area contributed by atoms with Crippen LogP contribution in [0, 0.1) is 0 Å². The molecule has 5 heteroatoms. The molecule has 0 saturated carbocycles. The fourth-order valence-electron chi connectivity index (χ4n) is 11.8. The highest BCUT2D eigenvalue weighted by Gasteiger charge is 2.30. The van der Waals surface area contributed by atoms with Gasteiger partial charge in [-0.25, -0.2) is 9.97 Å². The summed E-state index contributed by atoms with van der Waals surface area (Å²) in [6.07, 6.45) is 0. The van der Waals surface area contributed by atoms with Crippen LogP contribution in [-0.2, 0) is 10.8 Å². The Labute approximate surface area is 385 Å². The number of rotatable bonds is 2. The molecule has 9 aromatic carbocycles. The average Bonchev–Trinajstić information content (AvgIpc) is 4.11. The summed E-state index contributed by atoms with van der Waals surface area (Å²) >= 11 is 0. The van der Waals surface area contributed by atoms with Gasteiger partial charge in [-0.2, -0.15) is 0 Å². The number of hydrogen-bond donors (Lipinski definition) is 0. The number of aromatic nitrogens is 5. The van der Waals surface area contributed by atoms with Gasteiger partial charge in [0.05, 0.1) is 33.1 Å². The highest BCUT2D eigenvalue weighted by Crippen LogP contribution is 2.49. The van der Waals surface area contributed by atoms with Crippen LogP contribution in [0.15, 0.2) is 164 Å². The molecular weight excluding hydrogens is 815 g/mol. The van der Waals surface area contributed by atoms with Crippen LogP contribution in [-0.4, -0.2) is 23.3 Å². The molecule has 0 bridgehead atoms. The first-order valence-corrected chi connectivity index (χ1v) is 23.6. The van der Waals surface area contributed by atoms with E-state index in [2.05, 4.69) is 219 Å². The van der Waals surface area contributed by atoms with Gasteiger partial charge in [0.1, 0.15) is 11.0 Å². The van der Waals surface area contributed by atoms with E-state index in [0.29, 0.717) is 0 Å². The molecule has 0 aliphatic carbocycles. The summed E-state index contributed by atoms with van der Waals surface area (Å²) in [5.41, 5.74) is 16.7. The van der Waals surface area contributed by atoms with Gasteiger partial charge in [-0.05, 0) is 122 Å². The van der Waals surface area contributed by atoms with Gasteiger partial charge in [-0.3, -0.25) is 8.80 Å². The molecule has 0 N–H and O–H groups in total. The Bertz CT molecular complexity index is 4620. The Hall–Kier alpha value is -8.02. The maximum atomic E-state index is 5.92. The minimum absolute atomic E-state index is 0.0744. The van der Waals surface area contributed by atoms with Gasteiger partial charge in [0.15, 0.2) is 11.3 Å². The predicted molar refractivity (Wildman–Crippen MR) is 284 cm³/mol. The molecule has 0 unspecified atom stereocenters. The summed E-state index contributed by atoms with van der Waals surface area (Å²) < 4.78 is 7.30. The van der Waals surface area contributed by atoms with E-state index >= 15 is 0 Å². The van der Waals surface area contributed by atoms with Crippen LogP contribution in [0.3, 0.4) is 0 Å². The highest BCUT2D eigenvalue weighted by atomic mass is 15.1. The Morgan fingerprint density at radius 2 is 0.940 bits per heavy atom. The SMILES string of the molecule is CC(C)(C)c1cc(-c2ccc3c(c2)c2ccccc2n3-c2ccccc2)c2c(c1)c1cc3ccccc3c3c4nc5c(nc4n2c13)c1cc(C(C)(C)C)cc2c3cc4ccccc4cc3n5c21. The number of hydrogen-bond acceptors (Lipinski definition) is 2. The predicted octanol–water partition coefficient (Wildman–Crippen LogP) is 16.4. The second-order valence-electron chi connectivity index (χ2n) is 21.1. The van der Waals surface area contributed by atoms with Crippen molar-refractivity contribution in [2.75, 3.05) is 0 Å². The molecule has 0 spiro atoms. The van der Waals surface area contributed by atoms with Crippen LogP contribution in [0.1, 0.15) is 52.7 Å². The van der Waals surface area contributed by atoms with Crippen molar-refractivity contribution in [2.45, 2.75) is 52.4 Å². The smallest absolute Gasteiger partial charge is 0.165 e. The molecule has 67 heavy (non-hydrogen) atoms. The largest absolute Gasteiger partial charge is 0.309 e. The number of para-hydroxylation sites is 2. The molecule has 0 fully saturated rings. The molecule has 6 heterocycles. The standard InChI is InChI=1S/C62H45N5/c1-61(2,3)38-30-43(37-24-25-51-44(27-37)42-22-14-15-23-50(42)65(51)40-19-8-7-9-20-40)56-48(32-38)46-28-36-18-12-13-21-41(36)53-55-60(67(56)58(46)53)63-54-49-33-39(62(4,5)6)31-47-45-26-34-16-10-11-17-35(34)29-52(45)66(57(47)49)59(54)64-55/h7-33H,1-6H3. The topological polar surface area (TPSA) is 39.5 Å². The van der Waals surface area contributed by atoms with Gasteiger partial charge in [-0.1, -0.05) is 133 Å². The Kier molecular flexibility index (Phi) is 6.92. The zero-order chi connectivity index (χ0) is 44.8. The molecule has 0 atom stereocenters. The maximum absolute atomic E-state index is 5.92. The summed E-state index contributed by atoms with van der Waals surface area (Å²) in [7, 11) is 0. The van der Waals surface area contributed by atoms with Crippen LogP contribution in [0.4, 0.5) is 0 Å². The second kappa shape index (κ2) is 12.4. The summed E-state index contributed by atoms with van der Waals surface area (Å²) in [6.45, 7) is 13.9. The average molecular weight is 860 g/mol. The number of benzene rings is 9. The normalized spacial score (nSPS) is 13.2. The van der Waals surface area contributed by atoms with Crippen LogP contribution in [0.2, 0.25) is 0 Å². The Balaban J connectivity index is 1.13. The van der Waals surface area contributed by atoms with Gasteiger partial charge in [0.25, 0.3) is 0 Å². The summed E-state index contributed by atoms with van der Waals surface area (Å²) in [5, 5.41) is 14.6. The number of fused-ring (bicyclic) bond motifs is 18. The van der Waals surface area contributed by atoms with Crippen LogP contribution >= 0.6 is 0 Å². The zero-order valence-corrected chi connectivity index (χ0v) is 38.3. The van der Waals surface area contributed by atoms with E-state index < -0.39 is 0 Å². The quantitative estimate of drug-likeness (QED) is 0.174. The molecule has 0 aliphatic rings. The molecule has 0 radical (unpaired) electrons. The zero-order valence-electron chi connectivity index (χ0n) is 38.3. The van der Waals surface area contributed by atoms with E-state index in [1.807, 2.05) is 0 Å². The van der Waals surface area contributed by atoms with Crippen molar-refractivity contribution in [3.8, 4) is 16.8 Å². The molecule has 0 amide bonds. The van der Waals surface area contributed by atoms with Crippen molar-refractivity contribution in [3.63, 3.8) is 0 Å². The molecule has 6 aromatic heterocycles. The van der Waals surface area contributed by atoms with E-state index in [1.165, 1.54) is 109 Å². The van der Waals surface area contributed by atoms with Gasteiger partial charge in [0.2, 0.25) is 0 Å². The fraction of sp³-hybridized carbons (Fsp3) is 0.129. The van der Waals surface area contributed by atoms with E-state index in [4.69, 9.17) is 9.97 Å².